The van der Waals surface area contributed by atoms with Crippen LogP contribution in [-0.2, 0) is 0 Å². The van der Waals surface area contributed by atoms with E-state index in [0.29, 0.717) is 0 Å². The summed E-state index contributed by atoms with van der Waals surface area (Å²) in [5.41, 5.74) is 2.04. The zero-order valence-electron chi connectivity index (χ0n) is 8.85. The van der Waals surface area contributed by atoms with Gasteiger partial charge in [-0.1, -0.05) is 0 Å². The van der Waals surface area contributed by atoms with Crippen LogP contribution < -0.4 is 5.32 Å². The van der Waals surface area contributed by atoms with Crippen molar-refractivity contribution in [1.82, 2.24) is 0 Å². The first-order valence-electron chi connectivity index (χ1n) is 5.19. The van der Waals surface area contributed by atoms with Gasteiger partial charge in [0.1, 0.15) is 0 Å². The summed E-state index contributed by atoms with van der Waals surface area (Å²) in [7, 11) is 0. The summed E-state index contributed by atoms with van der Waals surface area (Å²) in [5, 5.41) is 3.25. The standard InChI is InChI=1S/C15H12N/c1-2-15(13-9-5-3-6-10-13)16-14-11-7-4-8-12-14/h3-12,15-16H/q+1. The van der Waals surface area contributed by atoms with Gasteiger partial charge in [0.15, 0.2) is 0 Å². The van der Waals surface area contributed by atoms with Crippen molar-refractivity contribution in [2.45, 2.75) is 6.04 Å². The van der Waals surface area contributed by atoms with E-state index in [9.17, 15) is 0 Å². The fraction of sp³-hybridized carbons (Fsp3) is 0.0667. The van der Waals surface area contributed by atoms with Crippen LogP contribution in [0, 0.1) is 12.3 Å². The molecule has 76 valence electrons. The molecular formula is C15H12N+. The Hall–Kier alpha value is -1.98. The molecule has 0 aliphatic carbocycles. The van der Waals surface area contributed by atoms with E-state index in [0.717, 1.165) is 11.3 Å². The molecule has 1 nitrogen and oxygen atoms in total. The van der Waals surface area contributed by atoms with Gasteiger partial charge in [-0.3, -0.25) is 0 Å². The van der Waals surface area contributed by atoms with Gasteiger partial charge >= 0.3 is 95.6 Å². The minimum atomic E-state index is -0.191. The molecule has 1 unspecified atom stereocenters. The van der Waals surface area contributed by atoms with Crippen LogP contribution in [0.25, 0.3) is 0 Å². The third-order valence-corrected chi connectivity index (χ3v) is 2.36. The summed E-state index contributed by atoms with van der Waals surface area (Å²) in [4.78, 5) is 0. The zero-order valence-corrected chi connectivity index (χ0v) is 8.85. The van der Waals surface area contributed by atoms with Crippen molar-refractivity contribution in [3.05, 3.63) is 72.7 Å². The Kier molecular flexibility index (Phi) is 3.42. The predicted molar refractivity (Wildman–Crippen MR) is 66.4 cm³/mol. The van der Waals surface area contributed by atoms with E-state index in [1.54, 1.807) is 0 Å². The van der Waals surface area contributed by atoms with E-state index >= 15 is 0 Å². The molecule has 2 aromatic carbocycles. The van der Waals surface area contributed by atoms with Gasteiger partial charge < -0.3 is 0 Å². The fourth-order valence-corrected chi connectivity index (χ4v) is 1.55. The van der Waals surface area contributed by atoms with Crippen LogP contribution in [0.1, 0.15) is 11.6 Å². The second-order valence-electron chi connectivity index (χ2n) is 3.50. The van der Waals surface area contributed by atoms with Gasteiger partial charge in [0.25, 0.3) is 0 Å². The van der Waals surface area contributed by atoms with Gasteiger partial charge in [0, 0.05) is 0 Å². The molecule has 2 aromatic rings. The van der Waals surface area contributed by atoms with Crippen molar-refractivity contribution in [3.8, 4) is 5.92 Å². The molecule has 0 fully saturated rings. The van der Waals surface area contributed by atoms with Gasteiger partial charge in [-0.15, -0.1) is 0 Å². The summed E-state index contributed by atoms with van der Waals surface area (Å²) >= 11 is 0. The summed E-state index contributed by atoms with van der Waals surface area (Å²) in [6.07, 6.45) is 7.33. The van der Waals surface area contributed by atoms with Crippen molar-refractivity contribution in [2.24, 2.45) is 0 Å². The molecule has 0 bridgehead atoms. The van der Waals surface area contributed by atoms with Crippen LogP contribution in [0.2, 0.25) is 0 Å². The molecule has 0 aliphatic heterocycles. The molecule has 0 radical (unpaired) electrons. The summed E-state index contributed by atoms with van der Waals surface area (Å²) in [5.74, 6) is 2.51. The number of hydrogen-bond acceptors (Lipinski definition) is 1. The first-order chi connectivity index (χ1) is 7.90. The fourth-order valence-electron chi connectivity index (χ4n) is 1.55. The SMILES string of the molecule is [C+]#CC(Nc1ccccc1)c1ccccc1. The Morgan fingerprint density at radius 1 is 0.875 bits per heavy atom. The van der Waals surface area contributed by atoms with Gasteiger partial charge in [0.05, 0.1) is 0 Å². The Labute approximate surface area is 96.1 Å². The molecule has 0 heterocycles. The minimum absolute atomic E-state index is 0.191. The molecule has 1 atom stereocenters. The molecule has 0 aromatic heterocycles. The molecule has 0 amide bonds. The Bertz CT molecular complexity index is 468. The molecule has 2 rings (SSSR count). The monoisotopic (exact) mass is 206 g/mol. The van der Waals surface area contributed by atoms with Crippen LogP contribution in [0.3, 0.4) is 0 Å². The normalized spacial score (nSPS) is 11.6. The Morgan fingerprint density at radius 3 is 2.00 bits per heavy atom. The van der Waals surface area contributed by atoms with Crippen LogP contribution in [0.4, 0.5) is 5.69 Å². The van der Waals surface area contributed by atoms with Gasteiger partial charge in [-0.05, 0) is 0 Å². The number of para-hydroxylation sites is 1. The number of nitrogens with one attached hydrogen (secondary N) is 1. The second kappa shape index (κ2) is 5.20. The van der Waals surface area contributed by atoms with E-state index in [1.807, 2.05) is 60.7 Å². The average Bonchev–Trinajstić information content (AvgIpc) is 2.38. The molecule has 0 aliphatic rings. The molecule has 0 saturated heterocycles. The third kappa shape index (κ3) is 2.53. The third-order valence-electron chi connectivity index (χ3n) is 2.36. The summed E-state index contributed by atoms with van der Waals surface area (Å²) in [6.45, 7) is 0. The van der Waals surface area contributed by atoms with E-state index in [-0.39, 0.29) is 6.04 Å². The van der Waals surface area contributed by atoms with E-state index < -0.39 is 0 Å². The van der Waals surface area contributed by atoms with Gasteiger partial charge in [-0.2, -0.15) is 0 Å². The molecule has 16 heavy (non-hydrogen) atoms. The van der Waals surface area contributed by atoms with Crippen molar-refractivity contribution in [3.63, 3.8) is 0 Å². The number of rotatable bonds is 3. The summed E-state index contributed by atoms with van der Waals surface area (Å²) < 4.78 is 0. The van der Waals surface area contributed by atoms with E-state index in [1.165, 1.54) is 0 Å². The second-order valence-corrected chi connectivity index (χ2v) is 3.50. The summed E-state index contributed by atoms with van der Waals surface area (Å²) in [6, 6.07) is 19.5. The Balaban J connectivity index is 2.17. The maximum atomic E-state index is 7.33. The first-order valence-corrected chi connectivity index (χ1v) is 5.19. The maximum absolute atomic E-state index is 7.33. The van der Waals surface area contributed by atoms with Crippen molar-refractivity contribution in [1.29, 1.82) is 0 Å². The van der Waals surface area contributed by atoms with Crippen molar-refractivity contribution >= 4 is 5.69 Å². The Morgan fingerprint density at radius 2 is 1.44 bits per heavy atom. The van der Waals surface area contributed by atoms with Crippen molar-refractivity contribution in [2.75, 3.05) is 5.32 Å². The molecule has 1 heteroatoms. The molecule has 1 N–H and O–H groups in total. The number of anilines is 1. The average molecular weight is 206 g/mol. The quantitative estimate of drug-likeness (QED) is 0.599. The topological polar surface area (TPSA) is 12.0 Å². The van der Waals surface area contributed by atoms with E-state index in [2.05, 4.69) is 11.2 Å². The van der Waals surface area contributed by atoms with Gasteiger partial charge in [0.2, 0.25) is 0 Å². The van der Waals surface area contributed by atoms with E-state index in [4.69, 9.17) is 6.42 Å². The number of benzene rings is 2. The predicted octanol–water partition coefficient (Wildman–Crippen LogP) is 3.43. The number of hydrogen-bond donors (Lipinski definition) is 1. The van der Waals surface area contributed by atoms with Crippen LogP contribution >= 0.6 is 0 Å². The molecule has 0 saturated carbocycles. The van der Waals surface area contributed by atoms with Crippen LogP contribution in [0.15, 0.2) is 60.7 Å². The van der Waals surface area contributed by atoms with Crippen LogP contribution in [-0.4, -0.2) is 0 Å². The zero-order chi connectivity index (χ0) is 11.2. The molecular weight excluding hydrogens is 194 g/mol. The van der Waals surface area contributed by atoms with Crippen molar-refractivity contribution < 1.29 is 0 Å². The molecule has 0 spiro atoms. The first kappa shape index (κ1) is 10.5. The van der Waals surface area contributed by atoms with Crippen LogP contribution in [0.5, 0.6) is 0 Å². The van der Waals surface area contributed by atoms with Gasteiger partial charge in [-0.25, -0.2) is 0 Å².